The van der Waals surface area contributed by atoms with Gasteiger partial charge in [-0.1, -0.05) is 28.1 Å². The smallest absolute Gasteiger partial charge is 0.0537 e. The number of nitrogens with zero attached hydrogens (tertiary/aromatic N) is 2. The van der Waals surface area contributed by atoms with Crippen LogP contribution in [0.25, 0.3) is 0 Å². The SMILES string of the molecule is CCn1cc(C(C)NC(C)c2ccc(Br)cc2)cn1. The van der Waals surface area contributed by atoms with Crippen LogP contribution in [0.2, 0.25) is 0 Å². The van der Waals surface area contributed by atoms with E-state index < -0.39 is 0 Å². The summed E-state index contributed by atoms with van der Waals surface area (Å²) < 4.78 is 3.07. The van der Waals surface area contributed by atoms with Gasteiger partial charge < -0.3 is 5.32 Å². The second-order valence-corrected chi connectivity index (χ2v) is 5.71. The molecule has 1 aromatic heterocycles. The normalized spacial score (nSPS) is 14.3. The molecular formula is C15H20BrN3. The van der Waals surface area contributed by atoms with Crippen molar-refractivity contribution >= 4 is 15.9 Å². The van der Waals surface area contributed by atoms with Crippen molar-refractivity contribution in [1.82, 2.24) is 15.1 Å². The Kier molecular flexibility index (Phi) is 4.77. The van der Waals surface area contributed by atoms with E-state index in [-0.39, 0.29) is 0 Å². The van der Waals surface area contributed by atoms with E-state index >= 15 is 0 Å². The number of nitrogens with one attached hydrogen (secondary N) is 1. The number of rotatable bonds is 5. The lowest BCUT2D eigenvalue weighted by Crippen LogP contribution is -2.22. The Balaban J connectivity index is 2.01. The molecule has 0 aliphatic rings. The van der Waals surface area contributed by atoms with Crippen LogP contribution in [0.1, 0.15) is 44.0 Å². The van der Waals surface area contributed by atoms with Crippen molar-refractivity contribution in [2.75, 3.05) is 0 Å². The van der Waals surface area contributed by atoms with Gasteiger partial charge in [0.15, 0.2) is 0 Å². The largest absolute Gasteiger partial charge is 0.304 e. The highest BCUT2D eigenvalue weighted by Crippen LogP contribution is 2.20. The van der Waals surface area contributed by atoms with Gasteiger partial charge in [-0.15, -0.1) is 0 Å². The van der Waals surface area contributed by atoms with E-state index in [2.05, 4.69) is 77.6 Å². The summed E-state index contributed by atoms with van der Waals surface area (Å²) in [5.74, 6) is 0. The fourth-order valence-corrected chi connectivity index (χ4v) is 2.36. The topological polar surface area (TPSA) is 29.9 Å². The Morgan fingerprint density at radius 3 is 2.37 bits per heavy atom. The minimum absolute atomic E-state index is 0.291. The Labute approximate surface area is 123 Å². The number of benzene rings is 1. The van der Waals surface area contributed by atoms with Crippen molar-refractivity contribution in [3.8, 4) is 0 Å². The summed E-state index contributed by atoms with van der Waals surface area (Å²) >= 11 is 3.46. The molecule has 2 rings (SSSR count). The predicted octanol–water partition coefficient (Wildman–Crippen LogP) is 4.08. The zero-order valence-corrected chi connectivity index (χ0v) is 13.2. The van der Waals surface area contributed by atoms with Crippen molar-refractivity contribution in [1.29, 1.82) is 0 Å². The van der Waals surface area contributed by atoms with Crippen molar-refractivity contribution in [2.24, 2.45) is 0 Å². The molecule has 1 heterocycles. The van der Waals surface area contributed by atoms with Crippen LogP contribution in [0.4, 0.5) is 0 Å². The molecule has 0 saturated heterocycles. The molecule has 2 atom stereocenters. The first-order chi connectivity index (χ1) is 9.10. The van der Waals surface area contributed by atoms with Gasteiger partial charge in [0.25, 0.3) is 0 Å². The van der Waals surface area contributed by atoms with Gasteiger partial charge in [-0.2, -0.15) is 5.10 Å². The van der Waals surface area contributed by atoms with Crippen LogP contribution >= 0.6 is 15.9 Å². The Bertz CT molecular complexity index is 518. The van der Waals surface area contributed by atoms with E-state index in [4.69, 9.17) is 0 Å². The fraction of sp³-hybridized carbons (Fsp3) is 0.400. The average molecular weight is 322 g/mol. The molecule has 0 fully saturated rings. The summed E-state index contributed by atoms with van der Waals surface area (Å²) in [5.41, 5.74) is 2.52. The predicted molar refractivity (Wildman–Crippen MR) is 82.0 cm³/mol. The molecule has 0 radical (unpaired) electrons. The molecule has 0 saturated carbocycles. The second kappa shape index (κ2) is 6.35. The average Bonchev–Trinajstić information content (AvgIpc) is 2.88. The summed E-state index contributed by atoms with van der Waals surface area (Å²) in [5, 5.41) is 7.92. The molecule has 0 spiro atoms. The molecule has 1 aromatic carbocycles. The van der Waals surface area contributed by atoms with E-state index in [1.54, 1.807) is 0 Å². The molecular weight excluding hydrogens is 302 g/mol. The summed E-state index contributed by atoms with van der Waals surface area (Å²) in [7, 11) is 0. The summed E-state index contributed by atoms with van der Waals surface area (Å²) in [6.07, 6.45) is 4.04. The second-order valence-electron chi connectivity index (χ2n) is 4.79. The quantitative estimate of drug-likeness (QED) is 0.899. The molecule has 2 unspecified atom stereocenters. The van der Waals surface area contributed by atoms with Crippen LogP contribution in [-0.4, -0.2) is 9.78 Å². The molecule has 19 heavy (non-hydrogen) atoms. The van der Waals surface area contributed by atoms with E-state index in [0.717, 1.165) is 11.0 Å². The van der Waals surface area contributed by atoms with Gasteiger partial charge >= 0.3 is 0 Å². The molecule has 102 valence electrons. The number of hydrogen-bond acceptors (Lipinski definition) is 2. The monoisotopic (exact) mass is 321 g/mol. The number of halogens is 1. The Morgan fingerprint density at radius 2 is 1.79 bits per heavy atom. The van der Waals surface area contributed by atoms with E-state index in [0.29, 0.717) is 12.1 Å². The number of aromatic nitrogens is 2. The third-order valence-corrected chi connectivity index (χ3v) is 3.88. The molecule has 3 nitrogen and oxygen atoms in total. The van der Waals surface area contributed by atoms with Crippen molar-refractivity contribution in [3.63, 3.8) is 0 Å². The fourth-order valence-electron chi connectivity index (χ4n) is 2.10. The van der Waals surface area contributed by atoms with Crippen molar-refractivity contribution < 1.29 is 0 Å². The van der Waals surface area contributed by atoms with Gasteiger partial charge in [-0.3, -0.25) is 4.68 Å². The van der Waals surface area contributed by atoms with Crippen LogP contribution in [0.5, 0.6) is 0 Å². The van der Waals surface area contributed by atoms with Crippen LogP contribution in [0, 0.1) is 0 Å². The first kappa shape index (κ1) is 14.3. The molecule has 4 heteroatoms. The van der Waals surface area contributed by atoms with Crippen LogP contribution in [0.15, 0.2) is 41.1 Å². The maximum atomic E-state index is 4.32. The highest BCUT2D eigenvalue weighted by Gasteiger charge is 2.12. The van der Waals surface area contributed by atoms with Crippen molar-refractivity contribution in [2.45, 2.75) is 39.4 Å². The minimum atomic E-state index is 0.291. The lowest BCUT2D eigenvalue weighted by Gasteiger charge is -2.19. The van der Waals surface area contributed by atoms with Gasteiger partial charge in [-0.05, 0) is 38.5 Å². The highest BCUT2D eigenvalue weighted by atomic mass is 79.9. The zero-order chi connectivity index (χ0) is 13.8. The Hall–Kier alpha value is -1.13. The Morgan fingerprint density at radius 1 is 1.16 bits per heavy atom. The number of aryl methyl sites for hydroxylation is 1. The third-order valence-electron chi connectivity index (χ3n) is 3.35. The lowest BCUT2D eigenvalue weighted by molar-refractivity contribution is 0.494. The summed E-state index contributed by atoms with van der Waals surface area (Å²) in [4.78, 5) is 0. The van der Waals surface area contributed by atoms with E-state index in [1.807, 2.05) is 10.9 Å². The maximum absolute atomic E-state index is 4.32. The molecule has 0 amide bonds. The first-order valence-electron chi connectivity index (χ1n) is 6.64. The van der Waals surface area contributed by atoms with Crippen LogP contribution in [0.3, 0.4) is 0 Å². The maximum Gasteiger partial charge on any atom is 0.0537 e. The highest BCUT2D eigenvalue weighted by molar-refractivity contribution is 9.10. The molecule has 0 aliphatic heterocycles. The standard InChI is InChI=1S/C15H20BrN3/c1-4-19-10-14(9-17-19)12(3)18-11(2)13-5-7-15(16)8-6-13/h5-12,18H,4H2,1-3H3. The van der Waals surface area contributed by atoms with E-state index in [1.165, 1.54) is 11.1 Å². The van der Waals surface area contributed by atoms with Gasteiger partial charge in [0.1, 0.15) is 0 Å². The van der Waals surface area contributed by atoms with Crippen LogP contribution < -0.4 is 5.32 Å². The van der Waals surface area contributed by atoms with Crippen LogP contribution in [-0.2, 0) is 6.54 Å². The lowest BCUT2D eigenvalue weighted by atomic mass is 10.1. The van der Waals surface area contributed by atoms with Gasteiger partial charge in [0.05, 0.1) is 6.20 Å². The summed E-state index contributed by atoms with van der Waals surface area (Å²) in [6.45, 7) is 7.37. The molecule has 0 bridgehead atoms. The first-order valence-corrected chi connectivity index (χ1v) is 7.43. The van der Waals surface area contributed by atoms with Gasteiger partial charge in [0.2, 0.25) is 0 Å². The number of hydrogen-bond donors (Lipinski definition) is 1. The van der Waals surface area contributed by atoms with Gasteiger partial charge in [-0.25, -0.2) is 0 Å². The third kappa shape index (κ3) is 3.67. The zero-order valence-electron chi connectivity index (χ0n) is 11.6. The van der Waals surface area contributed by atoms with E-state index in [9.17, 15) is 0 Å². The summed E-state index contributed by atoms with van der Waals surface area (Å²) in [6, 6.07) is 9.04. The molecule has 1 N–H and O–H groups in total. The minimum Gasteiger partial charge on any atom is -0.304 e. The molecule has 0 aliphatic carbocycles. The van der Waals surface area contributed by atoms with Crippen molar-refractivity contribution in [3.05, 3.63) is 52.3 Å². The molecule has 2 aromatic rings. The van der Waals surface area contributed by atoms with Gasteiger partial charge in [0, 0.05) is 34.9 Å².